The number of halogens is 2. The van der Waals surface area contributed by atoms with Crippen molar-refractivity contribution < 1.29 is 23.0 Å². The Labute approximate surface area is 173 Å². The summed E-state index contributed by atoms with van der Waals surface area (Å²) < 4.78 is 34.7. The fourth-order valence-corrected chi connectivity index (χ4v) is 3.98. The van der Waals surface area contributed by atoms with E-state index >= 15 is 0 Å². The molecule has 8 heteroatoms. The van der Waals surface area contributed by atoms with Crippen molar-refractivity contribution >= 4 is 17.5 Å². The number of nitrogens with one attached hydrogen (secondary N) is 1. The minimum atomic E-state index is -2.91. The second-order valence-electron chi connectivity index (χ2n) is 7.49. The first-order valence-electron chi connectivity index (χ1n) is 9.70. The van der Waals surface area contributed by atoms with Crippen molar-refractivity contribution in [3.05, 3.63) is 53.6 Å². The highest BCUT2D eigenvalue weighted by Crippen LogP contribution is 2.51. The molecule has 0 radical (unpaired) electrons. The predicted molar refractivity (Wildman–Crippen MR) is 107 cm³/mol. The third-order valence-corrected chi connectivity index (χ3v) is 5.47. The fraction of sp³-hybridized carbons (Fsp3) is 0.364. The number of benzene rings is 2. The average molecular weight is 413 g/mol. The molecule has 1 saturated carbocycles. The summed E-state index contributed by atoms with van der Waals surface area (Å²) in [6.07, 6.45) is 1.63. The molecular formula is C22H21F2N3O3. The van der Waals surface area contributed by atoms with E-state index in [1.54, 1.807) is 24.3 Å². The van der Waals surface area contributed by atoms with Gasteiger partial charge in [0.1, 0.15) is 5.75 Å². The topological polar surface area (TPSA) is 74.6 Å². The maximum atomic E-state index is 12.7. The number of anilines is 2. The Bertz CT molecular complexity index is 988. The van der Waals surface area contributed by atoms with Crippen molar-refractivity contribution in [2.75, 3.05) is 23.9 Å². The molecule has 1 heterocycles. The van der Waals surface area contributed by atoms with Crippen molar-refractivity contribution in [3.8, 4) is 11.8 Å². The Balaban J connectivity index is 1.73. The summed E-state index contributed by atoms with van der Waals surface area (Å²) >= 11 is 0. The van der Waals surface area contributed by atoms with Crippen LogP contribution in [0.15, 0.2) is 42.5 Å². The van der Waals surface area contributed by atoms with Gasteiger partial charge in [-0.05, 0) is 48.1 Å². The van der Waals surface area contributed by atoms with Crippen LogP contribution in [0.5, 0.6) is 5.75 Å². The van der Waals surface area contributed by atoms with Crippen LogP contribution in [0.3, 0.4) is 0 Å². The number of hydrogen-bond donors (Lipinski definition) is 1. The molecule has 2 aromatic rings. The number of nitriles is 1. The molecule has 0 saturated heterocycles. The number of fused-ring (bicyclic) bond motifs is 1. The summed E-state index contributed by atoms with van der Waals surface area (Å²) in [7, 11) is 1.29. The largest absolute Gasteiger partial charge is 0.453 e. The van der Waals surface area contributed by atoms with Crippen molar-refractivity contribution in [2.45, 2.75) is 31.4 Å². The van der Waals surface area contributed by atoms with E-state index in [1.807, 2.05) is 12.1 Å². The molecule has 0 spiro atoms. The molecule has 1 N–H and O–H groups in total. The Hall–Kier alpha value is -3.34. The van der Waals surface area contributed by atoms with Crippen LogP contribution in [0.2, 0.25) is 0 Å². The van der Waals surface area contributed by atoms with E-state index in [0.29, 0.717) is 11.6 Å². The van der Waals surface area contributed by atoms with Gasteiger partial charge in [0.05, 0.1) is 25.1 Å². The SMILES string of the molecule is COC(=O)Nc1cccc(C2C(C#N)c3ccc(OC(F)F)cc3N2CC2CC2)c1. The van der Waals surface area contributed by atoms with E-state index in [4.69, 9.17) is 0 Å². The van der Waals surface area contributed by atoms with E-state index in [9.17, 15) is 18.8 Å². The Morgan fingerprint density at radius 1 is 1.30 bits per heavy atom. The average Bonchev–Trinajstić information content (AvgIpc) is 3.49. The third-order valence-electron chi connectivity index (χ3n) is 5.47. The van der Waals surface area contributed by atoms with Crippen molar-refractivity contribution in [2.24, 2.45) is 5.92 Å². The van der Waals surface area contributed by atoms with Gasteiger partial charge in [-0.2, -0.15) is 14.0 Å². The molecule has 0 aromatic heterocycles. The molecule has 30 heavy (non-hydrogen) atoms. The quantitative estimate of drug-likeness (QED) is 0.718. The second kappa shape index (κ2) is 8.19. The van der Waals surface area contributed by atoms with Crippen LogP contribution in [0, 0.1) is 17.2 Å². The van der Waals surface area contributed by atoms with Gasteiger partial charge in [-0.1, -0.05) is 18.2 Å². The number of carbonyl (C=O) groups is 1. The van der Waals surface area contributed by atoms with Crippen molar-refractivity contribution in [1.29, 1.82) is 5.26 Å². The number of rotatable bonds is 6. The van der Waals surface area contributed by atoms with Crippen LogP contribution in [-0.2, 0) is 4.74 Å². The van der Waals surface area contributed by atoms with E-state index < -0.39 is 18.6 Å². The molecule has 6 nitrogen and oxygen atoms in total. The van der Waals surface area contributed by atoms with Crippen LogP contribution in [0.1, 0.15) is 35.9 Å². The van der Waals surface area contributed by atoms with E-state index in [-0.39, 0.29) is 11.8 Å². The molecule has 4 rings (SSSR count). The zero-order valence-corrected chi connectivity index (χ0v) is 16.3. The fourth-order valence-electron chi connectivity index (χ4n) is 3.98. The van der Waals surface area contributed by atoms with Crippen LogP contribution in [0.25, 0.3) is 0 Å². The first-order valence-corrected chi connectivity index (χ1v) is 9.70. The molecule has 0 bridgehead atoms. The Morgan fingerprint density at radius 3 is 2.77 bits per heavy atom. The highest BCUT2D eigenvalue weighted by molar-refractivity contribution is 5.84. The van der Waals surface area contributed by atoms with E-state index in [2.05, 4.69) is 25.8 Å². The number of carbonyl (C=O) groups excluding carboxylic acids is 1. The van der Waals surface area contributed by atoms with E-state index in [1.165, 1.54) is 13.2 Å². The monoisotopic (exact) mass is 413 g/mol. The number of ether oxygens (including phenoxy) is 2. The van der Waals surface area contributed by atoms with Crippen LogP contribution < -0.4 is 15.0 Å². The summed E-state index contributed by atoms with van der Waals surface area (Å²) in [6.45, 7) is -2.19. The van der Waals surface area contributed by atoms with Crippen molar-refractivity contribution in [1.82, 2.24) is 0 Å². The number of methoxy groups -OCH3 is 1. The second-order valence-corrected chi connectivity index (χ2v) is 7.49. The van der Waals surface area contributed by atoms with Gasteiger partial charge in [0.15, 0.2) is 0 Å². The lowest BCUT2D eigenvalue weighted by Gasteiger charge is -2.29. The molecular weight excluding hydrogens is 392 g/mol. The standard InChI is InChI=1S/C22H21F2N3O3/c1-29-22(28)26-15-4-2-3-14(9-15)20-18(11-25)17-8-7-16(30-21(23)24)10-19(17)27(20)12-13-5-6-13/h2-4,7-10,13,18,20-21H,5-6,12H2,1H3,(H,26,28). The van der Waals surface area contributed by atoms with Crippen LogP contribution in [0.4, 0.5) is 25.0 Å². The van der Waals surface area contributed by atoms with Gasteiger partial charge in [0.25, 0.3) is 0 Å². The van der Waals surface area contributed by atoms with Gasteiger partial charge in [-0.3, -0.25) is 5.32 Å². The summed E-state index contributed by atoms with van der Waals surface area (Å²) in [5.74, 6) is 0.101. The van der Waals surface area contributed by atoms with E-state index in [0.717, 1.165) is 36.2 Å². The molecule has 1 amide bonds. The Morgan fingerprint density at radius 2 is 2.10 bits per heavy atom. The lowest BCUT2D eigenvalue weighted by atomic mass is 9.91. The number of hydrogen-bond acceptors (Lipinski definition) is 5. The Kier molecular flexibility index (Phi) is 5.44. The molecule has 1 fully saturated rings. The molecule has 156 valence electrons. The third kappa shape index (κ3) is 4.01. The van der Waals surface area contributed by atoms with Gasteiger partial charge >= 0.3 is 12.7 Å². The smallest absolute Gasteiger partial charge is 0.411 e. The van der Waals surface area contributed by atoms with Gasteiger partial charge in [0, 0.05) is 24.0 Å². The zero-order valence-electron chi connectivity index (χ0n) is 16.3. The minimum absolute atomic E-state index is 0.0722. The van der Waals surface area contributed by atoms with Gasteiger partial charge < -0.3 is 14.4 Å². The highest BCUT2D eigenvalue weighted by Gasteiger charge is 2.42. The lowest BCUT2D eigenvalue weighted by molar-refractivity contribution is -0.0498. The highest BCUT2D eigenvalue weighted by atomic mass is 19.3. The van der Waals surface area contributed by atoms with Gasteiger partial charge in [-0.15, -0.1) is 0 Å². The summed E-state index contributed by atoms with van der Waals surface area (Å²) in [5.41, 5.74) is 2.93. The summed E-state index contributed by atoms with van der Waals surface area (Å²) in [6, 6.07) is 14.1. The maximum absolute atomic E-state index is 12.7. The van der Waals surface area contributed by atoms with Crippen LogP contribution >= 0.6 is 0 Å². The first kappa shape index (κ1) is 20.0. The lowest BCUT2D eigenvalue weighted by Crippen LogP contribution is -2.29. The van der Waals surface area contributed by atoms with Crippen LogP contribution in [-0.4, -0.2) is 26.4 Å². The first-order chi connectivity index (χ1) is 14.5. The molecule has 2 atom stereocenters. The number of alkyl halides is 2. The maximum Gasteiger partial charge on any atom is 0.411 e. The predicted octanol–water partition coefficient (Wildman–Crippen LogP) is 5.04. The van der Waals surface area contributed by atoms with Crippen molar-refractivity contribution in [3.63, 3.8) is 0 Å². The summed E-state index contributed by atoms with van der Waals surface area (Å²) in [5, 5.41) is 12.6. The zero-order chi connectivity index (χ0) is 21.3. The molecule has 2 aliphatic rings. The number of nitrogens with zero attached hydrogens (tertiary/aromatic N) is 2. The molecule has 1 aliphatic carbocycles. The van der Waals surface area contributed by atoms with Gasteiger partial charge in [-0.25, -0.2) is 4.79 Å². The summed E-state index contributed by atoms with van der Waals surface area (Å²) in [4.78, 5) is 13.7. The van der Waals surface area contributed by atoms with Gasteiger partial charge in [0.2, 0.25) is 0 Å². The molecule has 1 aliphatic heterocycles. The normalized spacial score (nSPS) is 19.9. The minimum Gasteiger partial charge on any atom is -0.453 e. The molecule has 2 unspecified atom stereocenters. The molecule has 2 aromatic carbocycles. The number of amides is 1.